The molecule has 0 saturated carbocycles. The first-order valence-corrected chi connectivity index (χ1v) is 8.29. The maximum Gasteiger partial charge on any atom is 0.316 e. The molecule has 2 aromatic rings. The van der Waals surface area contributed by atoms with E-state index >= 15 is 0 Å². The van der Waals surface area contributed by atoms with E-state index in [0.717, 1.165) is 31.5 Å². The van der Waals surface area contributed by atoms with Gasteiger partial charge in [-0.25, -0.2) is 0 Å². The second kappa shape index (κ2) is 9.26. The number of nitro benzene ring substituents is 1. The minimum absolute atomic E-state index is 0.105. The molecule has 2 rings (SSSR count). The molecule has 0 aliphatic heterocycles. The molecule has 146 valence electrons. The summed E-state index contributed by atoms with van der Waals surface area (Å²) in [6.45, 7) is 2.42. The Bertz CT molecular complexity index is 910. The van der Waals surface area contributed by atoms with Gasteiger partial charge in [-0.1, -0.05) is 30.3 Å². The van der Waals surface area contributed by atoms with Crippen molar-refractivity contribution >= 4 is 23.5 Å². The molecule has 0 aromatic heterocycles. The lowest BCUT2D eigenvalue weighted by Gasteiger charge is -2.11. The molecule has 1 N–H and O–H groups in total. The van der Waals surface area contributed by atoms with Crippen molar-refractivity contribution in [2.75, 3.05) is 6.54 Å². The van der Waals surface area contributed by atoms with Crippen molar-refractivity contribution in [3.8, 4) is 11.5 Å². The first-order valence-electron chi connectivity index (χ1n) is 8.29. The zero-order chi connectivity index (χ0) is 20.7. The Balaban J connectivity index is 2.28. The first-order chi connectivity index (χ1) is 13.3. The van der Waals surface area contributed by atoms with Crippen LogP contribution in [-0.2, 0) is 16.0 Å². The molecule has 1 amide bonds. The van der Waals surface area contributed by atoms with Gasteiger partial charge in [0.15, 0.2) is 5.75 Å². The van der Waals surface area contributed by atoms with Crippen LogP contribution in [0.1, 0.15) is 29.8 Å². The van der Waals surface area contributed by atoms with E-state index in [1.165, 1.54) is 0 Å². The number of rotatable bonds is 7. The Morgan fingerprint density at radius 1 is 1.04 bits per heavy atom. The average molecular weight is 386 g/mol. The van der Waals surface area contributed by atoms with E-state index in [0.29, 0.717) is 13.0 Å². The smallest absolute Gasteiger partial charge is 0.316 e. The van der Waals surface area contributed by atoms with E-state index in [1.807, 2.05) is 30.3 Å². The number of nitrogens with zero attached hydrogens (tertiary/aromatic N) is 1. The predicted octanol–water partition coefficient (Wildman–Crippen LogP) is 2.42. The van der Waals surface area contributed by atoms with Crippen LogP contribution in [0.2, 0.25) is 0 Å². The number of carbonyl (C=O) groups excluding carboxylic acids is 3. The molecule has 0 atom stereocenters. The highest BCUT2D eigenvalue weighted by Gasteiger charge is 2.27. The van der Waals surface area contributed by atoms with E-state index in [-0.39, 0.29) is 11.3 Å². The monoisotopic (exact) mass is 386 g/mol. The number of nitro groups is 1. The third kappa shape index (κ3) is 5.63. The van der Waals surface area contributed by atoms with E-state index in [9.17, 15) is 24.5 Å². The number of nitrogens with one attached hydrogen (secondary N) is 1. The van der Waals surface area contributed by atoms with Gasteiger partial charge in [0.2, 0.25) is 0 Å². The van der Waals surface area contributed by atoms with Gasteiger partial charge in [-0.15, -0.1) is 0 Å². The average Bonchev–Trinajstić information content (AvgIpc) is 2.62. The zero-order valence-corrected chi connectivity index (χ0v) is 15.3. The number of hydrogen-bond donors (Lipinski definition) is 1. The molecule has 0 aliphatic carbocycles. The Morgan fingerprint density at radius 2 is 1.68 bits per heavy atom. The highest BCUT2D eigenvalue weighted by molar-refractivity contribution is 5.96. The number of amides is 1. The maximum absolute atomic E-state index is 12.4. The van der Waals surface area contributed by atoms with Gasteiger partial charge in [0.1, 0.15) is 0 Å². The van der Waals surface area contributed by atoms with Gasteiger partial charge in [0.25, 0.3) is 11.7 Å². The fourth-order valence-corrected chi connectivity index (χ4v) is 2.40. The molecule has 0 bridgehead atoms. The summed E-state index contributed by atoms with van der Waals surface area (Å²) in [5, 5.41) is 14.0. The van der Waals surface area contributed by atoms with Crippen LogP contribution in [-0.4, -0.2) is 29.3 Å². The Morgan fingerprint density at radius 3 is 2.25 bits per heavy atom. The topological polar surface area (TPSA) is 125 Å². The summed E-state index contributed by atoms with van der Waals surface area (Å²) in [6, 6.07) is 11.5. The van der Waals surface area contributed by atoms with Crippen LogP contribution in [0.25, 0.3) is 0 Å². The molecule has 0 saturated heterocycles. The molecule has 0 unspecified atom stereocenters. The standard InChI is InChI=1S/C19H18N2O7/c1-12(22)27-17-11-15(10-16(21(25)26)18(17)28-13(2)23)19(24)20-9-8-14-6-4-3-5-7-14/h3-7,10-11H,8-9H2,1-2H3,(H,20,24). The predicted molar refractivity (Wildman–Crippen MR) is 98.2 cm³/mol. The molecule has 28 heavy (non-hydrogen) atoms. The second-order valence-corrected chi connectivity index (χ2v) is 5.76. The second-order valence-electron chi connectivity index (χ2n) is 5.76. The normalized spacial score (nSPS) is 10.1. The van der Waals surface area contributed by atoms with Gasteiger partial charge >= 0.3 is 17.6 Å². The van der Waals surface area contributed by atoms with E-state index in [4.69, 9.17) is 9.47 Å². The van der Waals surface area contributed by atoms with Crippen molar-refractivity contribution in [2.45, 2.75) is 20.3 Å². The Hall–Kier alpha value is -3.75. The van der Waals surface area contributed by atoms with Crippen molar-refractivity contribution in [1.82, 2.24) is 5.32 Å². The van der Waals surface area contributed by atoms with Crippen molar-refractivity contribution < 1.29 is 28.8 Å². The SMILES string of the molecule is CC(=O)Oc1cc(C(=O)NCCc2ccccc2)cc([N+](=O)[O-])c1OC(C)=O. The van der Waals surface area contributed by atoms with Crippen LogP contribution in [0.15, 0.2) is 42.5 Å². The minimum Gasteiger partial charge on any atom is -0.422 e. The van der Waals surface area contributed by atoms with Gasteiger partial charge in [0, 0.05) is 26.5 Å². The summed E-state index contributed by atoms with van der Waals surface area (Å²) in [5.74, 6) is -3.14. The van der Waals surface area contributed by atoms with E-state index in [1.54, 1.807) is 0 Å². The van der Waals surface area contributed by atoms with Crippen LogP contribution in [0.3, 0.4) is 0 Å². The summed E-state index contributed by atoms with van der Waals surface area (Å²) in [6.07, 6.45) is 0.566. The van der Waals surface area contributed by atoms with E-state index < -0.39 is 34.2 Å². The van der Waals surface area contributed by atoms with Crippen molar-refractivity contribution in [3.05, 3.63) is 63.7 Å². The summed E-state index contributed by atoms with van der Waals surface area (Å²) in [5.41, 5.74) is 0.244. The quantitative estimate of drug-likeness (QED) is 0.335. The highest BCUT2D eigenvalue weighted by atomic mass is 16.6. The van der Waals surface area contributed by atoms with Crippen LogP contribution >= 0.6 is 0 Å². The fourth-order valence-electron chi connectivity index (χ4n) is 2.40. The van der Waals surface area contributed by atoms with Crippen molar-refractivity contribution in [3.63, 3.8) is 0 Å². The van der Waals surface area contributed by atoms with Crippen LogP contribution < -0.4 is 14.8 Å². The van der Waals surface area contributed by atoms with Gasteiger partial charge in [-0.05, 0) is 18.1 Å². The number of esters is 2. The van der Waals surface area contributed by atoms with Crippen LogP contribution in [0.4, 0.5) is 5.69 Å². The lowest BCUT2D eigenvalue weighted by molar-refractivity contribution is -0.385. The third-order valence-electron chi connectivity index (χ3n) is 3.54. The molecule has 0 heterocycles. The molecule has 0 aliphatic rings. The van der Waals surface area contributed by atoms with E-state index in [2.05, 4.69) is 5.32 Å². The lowest BCUT2D eigenvalue weighted by Crippen LogP contribution is -2.26. The molecular weight excluding hydrogens is 368 g/mol. The van der Waals surface area contributed by atoms with Gasteiger partial charge in [-0.3, -0.25) is 24.5 Å². The highest BCUT2D eigenvalue weighted by Crippen LogP contribution is 2.38. The third-order valence-corrected chi connectivity index (χ3v) is 3.54. The molecule has 0 spiro atoms. The Kier molecular flexibility index (Phi) is 6.80. The largest absolute Gasteiger partial charge is 0.422 e. The summed E-state index contributed by atoms with van der Waals surface area (Å²) < 4.78 is 9.72. The van der Waals surface area contributed by atoms with Crippen LogP contribution in [0.5, 0.6) is 11.5 Å². The molecule has 0 radical (unpaired) electrons. The first kappa shape index (κ1) is 20.6. The van der Waals surface area contributed by atoms with Crippen LogP contribution in [0, 0.1) is 10.1 Å². The molecule has 9 heteroatoms. The van der Waals surface area contributed by atoms with Gasteiger partial charge in [-0.2, -0.15) is 0 Å². The van der Waals surface area contributed by atoms with Crippen molar-refractivity contribution in [2.24, 2.45) is 0 Å². The number of ether oxygens (including phenoxy) is 2. The summed E-state index contributed by atoms with van der Waals surface area (Å²) in [7, 11) is 0. The number of carbonyl (C=O) groups is 3. The minimum atomic E-state index is -0.837. The molecule has 9 nitrogen and oxygen atoms in total. The maximum atomic E-state index is 12.4. The molecule has 0 fully saturated rings. The fraction of sp³-hybridized carbons (Fsp3) is 0.211. The number of hydrogen-bond acceptors (Lipinski definition) is 7. The molecular formula is C19H18N2O7. The number of benzene rings is 2. The summed E-state index contributed by atoms with van der Waals surface area (Å²) in [4.78, 5) is 45.5. The Labute approximate surface area is 160 Å². The molecule has 2 aromatic carbocycles. The zero-order valence-electron chi connectivity index (χ0n) is 15.3. The van der Waals surface area contributed by atoms with Gasteiger partial charge in [0.05, 0.1) is 10.5 Å². The lowest BCUT2D eigenvalue weighted by atomic mass is 10.1. The van der Waals surface area contributed by atoms with Gasteiger partial charge < -0.3 is 14.8 Å². The van der Waals surface area contributed by atoms with Crippen molar-refractivity contribution in [1.29, 1.82) is 0 Å². The summed E-state index contributed by atoms with van der Waals surface area (Å²) >= 11 is 0.